The minimum Gasteiger partial charge on any atom is -0.491 e. The molecular weight excluding hydrogens is 461 g/mol. The van der Waals surface area contributed by atoms with Gasteiger partial charge in [0.2, 0.25) is 0 Å². The molecule has 0 fully saturated rings. The van der Waals surface area contributed by atoms with E-state index in [-0.39, 0.29) is 17.1 Å². The molecule has 5 rings (SSSR count). The Balaban J connectivity index is 1.60. The third kappa shape index (κ3) is 4.07. The van der Waals surface area contributed by atoms with Crippen LogP contribution >= 0.6 is 0 Å². The van der Waals surface area contributed by atoms with Crippen LogP contribution in [0.1, 0.15) is 6.55 Å². The van der Waals surface area contributed by atoms with E-state index in [1.54, 1.807) is 16.8 Å². The summed E-state index contributed by atoms with van der Waals surface area (Å²) in [7, 11) is 1.33. The first-order valence-corrected chi connectivity index (χ1v) is 10.4. The van der Waals surface area contributed by atoms with E-state index < -0.39 is 17.8 Å². The van der Waals surface area contributed by atoms with E-state index in [0.29, 0.717) is 27.2 Å². The maximum atomic E-state index is 15.2. The summed E-state index contributed by atoms with van der Waals surface area (Å²) in [6.45, 7) is -2.80. The molecule has 11 heteroatoms. The first-order valence-electron chi connectivity index (χ1n) is 10.4. The standard InChI is InChI=1S/C24H17F3N6O2/c1-35-21-14-31(19-8-7-15(11-18(19)25)16-12-29-32(13-16)24(26)27)30-22(23(21)34)20-9-10-28-33(20)17-5-3-2-4-6-17/h2-14,24H,1H3. The molecule has 0 bridgehead atoms. The number of alkyl halides is 2. The fraction of sp³-hybridized carbons (Fsp3) is 0.0833. The molecule has 176 valence electrons. The lowest BCUT2D eigenvalue weighted by Gasteiger charge is -2.13. The van der Waals surface area contributed by atoms with Gasteiger partial charge in [-0.25, -0.2) is 18.4 Å². The van der Waals surface area contributed by atoms with Gasteiger partial charge in [-0.15, -0.1) is 0 Å². The molecule has 35 heavy (non-hydrogen) atoms. The average molecular weight is 478 g/mol. The van der Waals surface area contributed by atoms with Gasteiger partial charge in [0.05, 0.1) is 37.1 Å². The highest BCUT2D eigenvalue weighted by Gasteiger charge is 2.19. The predicted molar refractivity (Wildman–Crippen MR) is 121 cm³/mol. The highest BCUT2D eigenvalue weighted by atomic mass is 19.3. The number of hydrogen-bond acceptors (Lipinski definition) is 5. The van der Waals surface area contributed by atoms with Crippen LogP contribution in [0.4, 0.5) is 13.2 Å². The molecule has 3 heterocycles. The van der Waals surface area contributed by atoms with Crippen LogP contribution in [0, 0.1) is 5.82 Å². The lowest BCUT2D eigenvalue weighted by molar-refractivity contribution is 0.0566. The highest BCUT2D eigenvalue weighted by Crippen LogP contribution is 2.26. The largest absolute Gasteiger partial charge is 0.491 e. The number of halogens is 3. The van der Waals surface area contributed by atoms with E-state index in [2.05, 4.69) is 15.3 Å². The number of benzene rings is 2. The van der Waals surface area contributed by atoms with Crippen LogP contribution in [0.2, 0.25) is 0 Å². The van der Waals surface area contributed by atoms with Gasteiger partial charge in [0.25, 0.3) is 5.43 Å². The van der Waals surface area contributed by atoms with E-state index in [1.165, 1.54) is 42.5 Å². The van der Waals surface area contributed by atoms with Crippen LogP contribution in [0.5, 0.6) is 5.75 Å². The lowest BCUT2D eigenvalue weighted by Crippen LogP contribution is -2.18. The van der Waals surface area contributed by atoms with Crippen LogP contribution in [0.25, 0.3) is 33.9 Å². The first-order chi connectivity index (χ1) is 17.0. The Labute approximate surface area is 196 Å². The molecule has 2 aromatic carbocycles. The van der Waals surface area contributed by atoms with Gasteiger partial charge in [-0.3, -0.25) is 4.79 Å². The van der Waals surface area contributed by atoms with Gasteiger partial charge in [-0.1, -0.05) is 24.3 Å². The normalized spacial score (nSPS) is 11.2. The Kier molecular flexibility index (Phi) is 5.65. The van der Waals surface area contributed by atoms with Crippen LogP contribution in [-0.4, -0.2) is 36.5 Å². The molecule has 0 amide bonds. The maximum absolute atomic E-state index is 15.2. The Bertz CT molecular complexity index is 1560. The summed E-state index contributed by atoms with van der Waals surface area (Å²) in [5, 5.41) is 12.2. The molecule has 0 aliphatic heterocycles. The molecule has 0 aliphatic carbocycles. The van der Waals surface area contributed by atoms with Gasteiger partial charge in [0.1, 0.15) is 11.5 Å². The quantitative estimate of drug-likeness (QED) is 0.359. The van der Waals surface area contributed by atoms with Crippen molar-refractivity contribution in [3.63, 3.8) is 0 Å². The maximum Gasteiger partial charge on any atom is 0.333 e. The van der Waals surface area contributed by atoms with E-state index in [4.69, 9.17) is 4.74 Å². The summed E-state index contributed by atoms with van der Waals surface area (Å²) in [5.74, 6) is -0.731. The van der Waals surface area contributed by atoms with Crippen molar-refractivity contribution >= 4 is 0 Å². The second-order valence-electron chi connectivity index (χ2n) is 7.44. The minimum atomic E-state index is -2.80. The van der Waals surface area contributed by atoms with Crippen molar-refractivity contribution in [3.8, 4) is 39.6 Å². The number of rotatable bonds is 6. The predicted octanol–water partition coefficient (Wildman–Crippen LogP) is 4.49. The van der Waals surface area contributed by atoms with Crippen molar-refractivity contribution in [1.82, 2.24) is 29.3 Å². The van der Waals surface area contributed by atoms with Gasteiger partial charge in [0.15, 0.2) is 11.4 Å². The zero-order valence-corrected chi connectivity index (χ0v) is 18.2. The molecule has 0 atom stereocenters. The van der Waals surface area contributed by atoms with Crippen molar-refractivity contribution in [2.45, 2.75) is 6.55 Å². The molecule has 0 spiro atoms. The fourth-order valence-corrected chi connectivity index (χ4v) is 3.63. The second-order valence-corrected chi connectivity index (χ2v) is 7.44. The number of hydrogen-bond donors (Lipinski definition) is 0. The molecule has 0 saturated carbocycles. The molecule has 0 radical (unpaired) electrons. The molecule has 8 nitrogen and oxygen atoms in total. The van der Waals surface area contributed by atoms with Crippen molar-refractivity contribution in [1.29, 1.82) is 0 Å². The van der Waals surface area contributed by atoms with Gasteiger partial charge in [0, 0.05) is 11.8 Å². The third-order valence-corrected chi connectivity index (χ3v) is 5.32. The Hall–Kier alpha value is -4.67. The van der Waals surface area contributed by atoms with E-state index >= 15 is 4.39 Å². The van der Waals surface area contributed by atoms with Crippen LogP contribution in [0.3, 0.4) is 0 Å². The summed E-state index contributed by atoms with van der Waals surface area (Å²) >= 11 is 0. The first kappa shape index (κ1) is 22.1. The summed E-state index contributed by atoms with van der Waals surface area (Å²) in [6.07, 6.45) is 5.16. The third-order valence-electron chi connectivity index (χ3n) is 5.32. The molecule has 0 N–H and O–H groups in total. The SMILES string of the molecule is COc1cn(-c2ccc(-c3cnn(C(F)F)c3)cc2F)nc(-c2ccnn2-c2ccccc2)c1=O. The minimum absolute atomic E-state index is 0.00684. The summed E-state index contributed by atoms with van der Waals surface area (Å²) in [5.41, 5.74) is 1.33. The summed E-state index contributed by atoms with van der Waals surface area (Å²) < 4.78 is 49.3. The van der Waals surface area contributed by atoms with Gasteiger partial charge in [-0.2, -0.15) is 24.1 Å². The second kappa shape index (κ2) is 8.93. The van der Waals surface area contributed by atoms with Crippen molar-refractivity contribution < 1.29 is 17.9 Å². The number of methoxy groups -OCH3 is 1. The summed E-state index contributed by atoms with van der Waals surface area (Å²) in [6, 6.07) is 15.0. The fourth-order valence-electron chi connectivity index (χ4n) is 3.63. The molecule has 0 aliphatic rings. The topological polar surface area (TPSA) is 79.8 Å². The van der Waals surface area contributed by atoms with Gasteiger partial charge >= 0.3 is 6.55 Å². The Morgan fingerprint density at radius 2 is 1.77 bits per heavy atom. The number of nitrogens with zero attached hydrogens (tertiary/aromatic N) is 6. The van der Waals surface area contributed by atoms with Crippen LogP contribution < -0.4 is 10.2 Å². The van der Waals surface area contributed by atoms with Crippen LogP contribution in [-0.2, 0) is 0 Å². The van der Waals surface area contributed by atoms with E-state index in [9.17, 15) is 13.6 Å². The monoisotopic (exact) mass is 478 g/mol. The smallest absolute Gasteiger partial charge is 0.333 e. The molecular formula is C24H17F3N6O2. The van der Waals surface area contributed by atoms with E-state index in [0.717, 1.165) is 6.20 Å². The zero-order valence-electron chi connectivity index (χ0n) is 18.2. The Morgan fingerprint density at radius 1 is 0.971 bits per heavy atom. The number of ether oxygens (including phenoxy) is 1. The van der Waals surface area contributed by atoms with Crippen LogP contribution in [0.15, 0.2) is 84.2 Å². The number of aromatic nitrogens is 6. The highest BCUT2D eigenvalue weighted by molar-refractivity contribution is 5.64. The molecule has 0 unspecified atom stereocenters. The van der Waals surface area contributed by atoms with Crippen molar-refractivity contribution in [3.05, 3.63) is 95.4 Å². The lowest BCUT2D eigenvalue weighted by atomic mass is 10.1. The molecule has 0 saturated heterocycles. The van der Waals surface area contributed by atoms with E-state index in [1.807, 2.05) is 30.3 Å². The molecule has 3 aromatic heterocycles. The van der Waals surface area contributed by atoms with Crippen molar-refractivity contribution in [2.24, 2.45) is 0 Å². The Morgan fingerprint density at radius 3 is 2.46 bits per heavy atom. The van der Waals surface area contributed by atoms with Gasteiger partial charge in [-0.05, 0) is 35.9 Å². The number of para-hydroxylation sites is 1. The summed E-state index contributed by atoms with van der Waals surface area (Å²) in [4.78, 5) is 13.0. The zero-order chi connectivity index (χ0) is 24.5. The van der Waals surface area contributed by atoms with Crippen molar-refractivity contribution in [2.75, 3.05) is 7.11 Å². The molecule has 5 aromatic rings. The average Bonchev–Trinajstić information content (AvgIpc) is 3.55. The van der Waals surface area contributed by atoms with Gasteiger partial charge < -0.3 is 4.74 Å².